The molecule has 1 aromatic carbocycles. The number of hydrogen-bond acceptors (Lipinski definition) is 4. The molecular weight excluding hydrogens is 310 g/mol. The summed E-state index contributed by atoms with van der Waals surface area (Å²) in [6, 6.07) is 3.31. The van der Waals surface area contributed by atoms with Crippen LogP contribution in [0.5, 0.6) is 0 Å². The van der Waals surface area contributed by atoms with E-state index in [1.54, 1.807) is 25.3 Å². The molecule has 4 rings (SSSR count). The van der Waals surface area contributed by atoms with Gasteiger partial charge in [0.1, 0.15) is 11.3 Å². The Bertz CT molecular complexity index is 1010. The SMILES string of the molecule is Cc1c(C(=O)O)ccc2c1[nH]c(=O)c1cnc(C3CCOCC3)n12. The molecule has 0 amide bonds. The summed E-state index contributed by atoms with van der Waals surface area (Å²) in [4.78, 5) is 31.1. The Morgan fingerprint density at radius 1 is 1.33 bits per heavy atom. The fourth-order valence-corrected chi connectivity index (χ4v) is 3.47. The van der Waals surface area contributed by atoms with Crippen molar-refractivity contribution < 1.29 is 14.6 Å². The number of aromatic nitrogens is 3. The Labute approximate surface area is 136 Å². The van der Waals surface area contributed by atoms with Crippen LogP contribution in [0.4, 0.5) is 0 Å². The number of benzene rings is 1. The number of aryl methyl sites for hydroxylation is 1. The van der Waals surface area contributed by atoms with Crippen LogP contribution < -0.4 is 5.56 Å². The number of rotatable bonds is 2. The molecule has 1 aliphatic heterocycles. The molecule has 7 nitrogen and oxygen atoms in total. The number of nitrogens with zero attached hydrogens (tertiary/aromatic N) is 2. The fourth-order valence-electron chi connectivity index (χ4n) is 3.47. The lowest BCUT2D eigenvalue weighted by Gasteiger charge is -2.21. The highest BCUT2D eigenvalue weighted by Gasteiger charge is 2.23. The van der Waals surface area contributed by atoms with Crippen LogP contribution in [0.25, 0.3) is 16.6 Å². The Morgan fingerprint density at radius 3 is 2.79 bits per heavy atom. The number of nitrogens with one attached hydrogen (secondary N) is 1. The van der Waals surface area contributed by atoms with Gasteiger partial charge in [-0.3, -0.25) is 9.20 Å². The summed E-state index contributed by atoms with van der Waals surface area (Å²) in [6.07, 6.45) is 3.31. The van der Waals surface area contributed by atoms with E-state index in [1.165, 1.54) is 0 Å². The average molecular weight is 327 g/mol. The van der Waals surface area contributed by atoms with Crippen LogP contribution in [0.3, 0.4) is 0 Å². The van der Waals surface area contributed by atoms with Gasteiger partial charge in [0.05, 0.1) is 22.8 Å². The third kappa shape index (κ3) is 2.12. The zero-order chi connectivity index (χ0) is 16.8. The maximum absolute atomic E-state index is 12.4. The van der Waals surface area contributed by atoms with Gasteiger partial charge in [-0.05, 0) is 37.5 Å². The molecule has 124 valence electrons. The van der Waals surface area contributed by atoms with Crippen molar-refractivity contribution in [2.45, 2.75) is 25.7 Å². The van der Waals surface area contributed by atoms with Gasteiger partial charge < -0.3 is 14.8 Å². The molecule has 3 aromatic rings. The highest BCUT2D eigenvalue weighted by atomic mass is 16.5. The van der Waals surface area contributed by atoms with E-state index in [-0.39, 0.29) is 17.0 Å². The molecule has 1 aliphatic rings. The number of aromatic carboxylic acids is 1. The van der Waals surface area contributed by atoms with Gasteiger partial charge in [0.2, 0.25) is 0 Å². The molecule has 7 heteroatoms. The standard InChI is InChI=1S/C17H17N3O4/c1-9-11(17(22)23)2-3-12-14(9)19-16(21)13-8-18-15(20(12)13)10-4-6-24-7-5-10/h2-3,8,10H,4-7H2,1H3,(H,19,21)(H,22,23). The second-order valence-electron chi connectivity index (χ2n) is 6.12. The molecule has 0 radical (unpaired) electrons. The number of carboxylic acid groups (broad SMARTS) is 1. The summed E-state index contributed by atoms with van der Waals surface area (Å²) in [5.74, 6) is 0.0585. The molecule has 0 bridgehead atoms. The summed E-state index contributed by atoms with van der Waals surface area (Å²) in [6.45, 7) is 3.07. The van der Waals surface area contributed by atoms with Gasteiger partial charge in [-0.2, -0.15) is 0 Å². The van der Waals surface area contributed by atoms with Crippen molar-refractivity contribution in [3.05, 3.63) is 45.6 Å². The van der Waals surface area contributed by atoms with E-state index in [0.717, 1.165) is 24.2 Å². The number of aromatic amines is 1. The zero-order valence-corrected chi connectivity index (χ0v) is 13.2. The fraction of sp³-hybridized carbons (Fsp3) is 0.353. The first-order valence-electron chi connectivity index (χ1n) is 7.92. The maximum Gasteiger partial charge on any atom is 0.336 e. The van der Waals surface area contributed by atoms with Crippen molar-refractivity contribution >= 4 is 22.5 Å². The lowest BCUT2D eigenvalue weighted by molar-refractivity contribution is 0.0696. The smallest absolute Gasteiger partial charge is 0.336 e. The highest BCUT2D eigenvalue weighted by Crippen LogP contribution is 2.29. The molecule has 3 heterocycles. The number of ether oxygens (including phenoxy) is 1. The minimum Gasteiger partial charge on any atom is -0.478 e. The van der Waals surface area contributed by atoms with Gasteiger partial charge in [-0.1, -0.05) is 0 Å². The number of H-pyrrole nitrogens is 1. The van der Waals surface area contributed by atoms with Gasteiger partial charge in [0.15, 0.2) is 0 Å². The van der Waals surface area contributed by atoms with Gasteiger partial charge in [-0.15, -0.1) is 0 Å². The van der Waals surface area contributed by atoms with E-state index >= 15 is 0 Å². The molecule has 0 spiro atoms. The summed E-state index contributed by atoms with van der Waals surface area (Å²) in [5.41, 5.74) is 2.26. The predicted octanol–water partition coefficient (Wildman–Crippen LogP) is 2.08. The van der Waals surface area contributed by atoms with Crippen molar-refractivity contribution in [2.75, 3.05) is 13.2 Å². The van der Waals surface area contributed by atoms with Crippen LogP contribution in [-0.2, 0) is 4.74 Å². The van der Waals surface area contributed by atoms with Crippen LogP contribution in [0.1, 0.15) is 40.5 Å². The number of fused-ring (bicyclic) bond motifs is 3. The van der Waals surface area contributed by atoms with Gasteiger partial charge >= 0.3 is 5.97 Å². The van der Waals surface area contributed by atoms with Gasteiger partial charge in [-0.25, -0.2) is 9.78 Å². The second-order valence-corrected chi connectivity index (χ2v) is 6.12. The third-order valence-corrected chi connectivity index (χ3v) is 4.76. The van der Waals surface area contributed by atoms with E-state index < -0.39 is 5.97 Å². The van der Waals surface area contributed by atoms with E-state index in [2.05, 4.69) is 9.97 Å². The molecule has 0 unspecified atom stereocenters. The Morgan fingerprint density at radius 2 is 2.08 bits per heavy atom. The minimum atomic E-state index is -1.01. The van der Waals surface area contributed by atoms with Gasteiger partial charge in [0.25, 0.3) is 5.56 Å². The number of carboxylic acids is 1. The largest absolute Gasteiger partial charge is 0.478 e. The molecule has 24 heavy (non-hydrogen) atoms. The third-order valence-electron chi connectivity index (χ3n) is 4.76. The van der Waals surface area contributed by atoms with E-state index in [1.807, 2.05) is 4.40 Å². The van der Waals surface area contributed by atoms with Crippen LogP contribution in [0.15, 0.2) is 23.1 Å². The summed E-state index contributed by atoms with van der Waals surface area (Å²) in [5, 5.41) is 9.30. The molecule has 1 fully saturated rings. The zero-order valence-electron chi connectivity index (χ0n) is 13.2. The van der Waals surface area contributed by atoms with Gasteiger partial charge in [0, 0.05) is 19.1 Å². The second kappa shape index (κ2) is 5.45. The van der Waals surface area contributed by atoms with Crippen LogP contribution in [0, 0.1) is 6.92 Å². The van der Waals surface area contributed by atoms with Crippen LogP contribution in [0.2, 0.25) is 0 Å². The van der Waals surface area contributed by atoms with Crippen molar-refractivity contribution in [1.29, 1.82) is 0 Å². The number of carbonyl (C=O) groups is 1. The first-order chi connectivity index (χ1) is 11.6. The molecule has 0 atom stereocenters. The summed E-state index contributed by atoms with van der Waals surface area (Å²) in [7, 11) is 0. The minimum absolute atomic E-state index is 0.185. The van der Waals surface area contributed by atoms with Crippen molar-refractivity contribution in [1.82, 2.24) is 14.4 Å². The van der Waals surface area contributed by atoms with Crippen molar-refractivity contribution in [3.63, 3.8) is 0 Å². The average Bonchev–Trinajstić information content (AvgIpc) is 3.02. The Hall–Kier alpha value is -2.67. The van der Waals surface area contributed by atoms with Crippen LogP contribution >= 0.6 is 0 Å². The summed E-state index contributed by atoms with van der Waals surface area (Å²) < 4.78 is 7.28. The number of imidazole rings is 1. The molecule has 0 aliphatic carbocycles. The highest BCUT2D eigenvalue weighted by molar-refractivity contribution is 5.95. The van der Waals surface area contributed by atoms with Crippen molar-refractivity contribution in [2.24, 2.45) is 0 Å². The van der Waals surface area contributed by atoms with Crippen molar-refractivity contribution in [3.8, 4) is 0 Å². The normalized spacial score (nSPS) is 16.0. The monoisotopic (exact) mass is 327 g/mol. The topological polar surface area (TPSA) is 96.7 Å². The molecule has 1 saturated heterocycles. The van der Waals surface area contributed by atoms with E-state index in [9.17, 15) is 14.7 Å². The lowest BCUT2D eigenvalue weighted by atomic mass is 9.99. The molecule has 2 aromatic heterocycles. The Kier molecular flexibility index (Phi) is 3.38. The van der Waals surface area contributed by atoms with E-state index in [0.29, 0.717) is 29.8 Å². The van der Waals surface area contributed by atoms with E-state index in [4.69, 9.17) is 4.74 Å². The molecular formula is C17H17N3O4. The molecule has 0 saturated carbocycles. The first kappa shape index (κ1) is 14.9. The summed E-state index contributed by atoms with van der Waals surface area (Å²) >= 11 is 0. The number of hydrogen-bond donors (Lipinski definition) is 2. The maximum atomic E-state index is 12.4. The quantitative estimate of drug-likeness (QED) is 0.751. The first-order valence-corrected chi connectivity index (χ1v) is 7.92. The van der Waals surface area contributed by atoms with Crippen LogP contribution in [-0.4, -0.2) is 38.7 Å². The Balaban J connectivity index is 2.05. The predicted molar refractivity (Wildman–Crippen MR) is 87.8 cm³/mol. The molecule has 2 N–H and O–H groups in total. The lowest BCUT2D eigenvalue weighted by Crippen LogP contribution is -2.18.